The summed E-state index contributed by atoms with van der Waals surface area (Å²) >= 11 is 0. The third kappa shape index (κ3) is 5.15. The molecule has 0 aliphatic carbocycles. The third-order valence-corrected chi connectivity index (χ3v) is 6.65. The van der Waals surface area contributed by atoms with Gasteiger partial charge in [0.25, 0.3) is 21.8 Å². The average Bonchev–Trinajstić information content (AvgIpc) is 2.83. The van der Waals surface area contributed by atoms with Crippen molar-refractivity contribution in [2.24, 2.45) is 0 Å². The van der Waals surface area contributed by atoms with Crippen LogP contribution in [0, 0.1) is 0 Å². The molecule has 0 fully saturated rings. The molecule has 0 saturated carbocycles. The smallest absolute Gasteiger partial charge is 0.264 e. The Hall–Kier alpha value is -3.65. The van der Waals surface area contributed by atoms with Crippen LogP contribution in [0.2, 0.25) is 0 Å². The van der Waals surface area contributed by atoms with E-state index in [2.05, 4.69) is 10.6 Å². The molecule has 0 aromatic heterocycles. The number of carbonyl (C=O) groups is 2. The highest BCUT2D eigenvalue weighted by Gasteiger charge is 2.22. The van der Waals surface area contributed by atoms with Gasteiger partial charge < -0.3 is 10.6 Å². The minimum absolute atomic E-state index is 0.0692. The van der Waals surface area contributed by atoms with E-state index in [1.165, 1.54) is 35.6 Å². The lowest BCUT2D eigenvalue weighted by molar-refractivity contribution is 0.0954. The standard InChI is InChI=1S/C24H25N3O4S/c1-3-17-25-24(29)21-11-7-8-12-22(21)26-23(28)18-13-15-20(16-14-18)32(30,31)27(2)19-9-5-4-6-10-19/h4-16H,3,17H2,1-2H3,(H,25,29)(H,26,28). The molecule has 32 heavy (non-hydrogen) atoms. The van der Waals surface area contributed by atoms with Gasteiger partial charge in [-0.15, -0.1) is 0 Å². The first-order valence-electron chi connectivity index (χ1n) is 10.2. The summed E-state index contributed by atoms with van der Waals surface area (Å²) in [6, 6.07) is 21.1. The van der Waals surface area contributed by atoms with Gasteiger partial charge in [-0.25, -0.2) is 8.42 Å². The summed E-state index contributed by atoms with van der Waals surface area (Å²) in [6.07, 6.45) is 0.801. The van der Waals surface area contributed by atoms with E-state index in [1.807, 2.05) is 13.0 Å². The summed E-state index contributed by atoms with van der Waals surface area (Å²) in [6.45, 7) is 2.49. The van der Waals surface area contributed by atoms with Crippen LogP contribution in [-0.4, -0.2) is 33.8 Å². The molecular weight excluding hydrogens is 426 g/mol. The van der Waals surface area contributed by atoms with Crippen molar-refractivity contribution in [1.29, 1.82) is 0 Å². The minimum atomic E-state index is -3.77. The SMILES string of the molecule is CCCNC(=O)c1ccccc1NC(=O)c1ccc(S(=O)(=O)N(C)c2ccccc2)cc1. The zero-order valence-corrected chi connectivity index (χ0v) is 18.7. The fourth-order valence-electron chi connectivity index (χ4n) is 3.03. The molecular formula is C24H25N3O4S. The number of anilines is 2. The molecule has 0 heterocycles. The van der Waals surface area contributed by atoms with Crippen LogP contribution in [0.3, 0.4) is 0 Å². The molecule has 7 nitrogen and oxygen atoms in total. The van der Waals surface area contributed by atoms with Gasteiger partial charge >= 0.3 is 0 Å². The molecule has 2 amide bonds. The van der Waals surface area contributed by atoms with E-state index in [1.54, 1.807) is 48.5 Å². The number of nitrogens with one attached hydrogen (secondary N) is 2. The van der Waals surface area contributed by atoms with Crippen molar-refractivity contribution in [2.75, 3.05) is 23.2 Å². The van der Waals surface area contributed by atoms with Gasteiger partial charge in [-0.05, 0) is 55.0 Å². The van der Waals surface area contributed by atoms with Crippen molar-refractivity contribution >= 4 is 33.2 Å². The highest BCUT2D eigenvalue weighted by atomic mass is 32.2. The Morgan fingerprint density at radius 1 is 0.844 bits per heavy atom. The van der Waals surface area contributed by atoms with Crippen molar-refractivity contribution in [3.63, 3.8) is 0 Å². The molecule has 0 atom stereocenters. The Morgan fingerprint density at radius 3 is 2.12 bits per heavy atom. The minimum Gasteiger partial charge on any atom is -0.352 e. The number of nitrogens with zero attached hydrogens (tertiary/aromatic N) is 1. The number of benzene rings is 3. The van der Waals surface area contributed by atoms with Gasteiger partial charge in [-0.2, -0.15) is 0 Å². The lowest BCUT2D eigenvalue weighted by Crippen LogP contribution is -2.26. The first kappa shape index (κ1) is 23.0. The van der Waals surface area contributed by atoms with E-state index in [-0.39, 0.29) is 16.4 Å². The molecule has 0 saturated heterocycles. The number of amides is 2. The Bertz CT molecular complexity index is 1190. The summed E-state index contributed by atoms with van der Waals surface area (Å²) in [5, 5.41) is 5.52. The molecule has 8 heteroatoms. The second kappa shape index (κ2) is 10.1. The summed E-state index contributed by atoms with van der Waals surface area (Å²) in [7, 11) is -2.29. The van der Waals surface area contributed by atoms with Crippen LogP contribution in [0.5, 0.6) is 0 Å². The van der Waals surface area contributed by atoms with E-state index in [4.69, 9.17) is 0 Å². The molecule has 0 aliphatic rings. The Morgan fingerprint density at radius 2 is 1.47 bits per heavy atom. The van der Waals surface area contributed by atoms with E-state index < -0.39 is 15.9 Å². The summed E-state index contributed by atoms with van der Waals surface area (Å²) in [4.78, 5) is 25.1. The number of rotatable bonds is 8. The highest BCUT2D eigenvalue weighted by Crippen LogP contribution is 2.22. The van der Waals surface area contributed by atoms with Crippen LogP contribution in [0.1, 0.15) is 34.1 Å². The Balaban J connectivity index is 1.77. The van der Waals surface area contributed by atoms with Gasteiger partial charge in [0.15, 0.2) is 0 Å². The molecule has 0 radical (unpaired) electrons. The summed E-state index contributed by atoms with van der Waals surface area (Å²) in [5.41, 5.74) is 1.55. The van der Waals surface area contributed by atoms with E-state index in [0.717, 1.165) is 6.42 Å². The lowest BCUT2D eigenvalue weighted by Gasteiger charge is -2.19. The molecule has 0 bridgehead atoms. The number of hydrogen-bond acceptors (Lipinski definition) is 4. The quantitative estimate of drug-likeness (QED) is 0.543. The topological polar surface area (TPSA) is 95.6 Å². The second-order valence-corrected chi connectivity index (χ2v) is 9.06. The van der Waals surface area contributed by atoms with Gasteiger partial charge in [0.05, 0.1) is 21.8 Å². The van der Waals surface area contributed by atoms with Crippen LogP contribution in [0.4, 0.5) is 11.4 Å². The molecule has 3 aromatic carbocycles. The van der Waals surface area contributed by atoms with E-state index in [0.29, 0.717) is 23.5 Å². The fourth-order valence-corrected chi connectivity index (χ4v) is 4.23. The van der Waals surface area contributed by atoms with Crippen LogP contribution in [0.15, 0.2) is 83.8 Å². The highest BCUT2D eigenvalue weighted by molar-refractivity contribution is 7.92. The van der Waals surface area contributed by atoms with Crippen molar-refractivity contribution in [2.45, 2.75) is 18.2 Å². The number of carbonyl (C=O) groups excluding carboxylic acids is 2. The largest absolute Gasteiger partial charge is 0.352 e. The first-order chi connectivity index (χ1) is 15.3. The molecule has 166 valence electrons. The molecule has 0 unspecified atom stereocenters. The number of sulfonamides is 1. The molecule has 3 rings (SSSR count). The lowest BCUT2D eigenvalue weighted by atomic mass is 10.1. The number of para-hydroxylation sites is 2. The average molecular weight is 452 g/mol. The zero-order valence-electron chi connectivity index (χ0n) is 17.9. The molecule has 2 N–H and O–H groups in total. The maximum absolute atomic E-state index is 12.9. The van der Waals surface area contributed by atoms with Crippen LogP contribution in [-0.2, 0) is 10.0 Å². The Kier molecular flexibility index (Phi) is 7.27. The molecule has 3 aromatic rings. The van der Waals surface area contributed by atoms with Gasteiger partial charge in [0.1, 0.15) is 0 Å². The van der Waals surface area contributed by atoms with Crippen LogP contribution in [0.25, 0.3) is 0 Å². The maximum atomic E-state index is 12.9. The molecule has 0 spiro atoms. The monoisotopic (exact) mass is 451 g/mol. The zero-order chi connectivity index (χ0) is 23.1. The van der Waals surface area contributed by atoms with Crippen molar-refractivity contribution in [3.05, 3.63) is 90.0 Å². The third-order valence-electron chi connectivity index (χ3n) is 4.85. The van der Waals surface area contributed by atoms with Gasteiger partial charge in [0, 0.05) is 19.2 Å². The fraction of sp³-hybridized carbons (Fsp3) is 0.167. The first-order valence-corrected chi connectivity index (χ1v) is 11.6. The summed E-state index contributed by atoms with van der Waals surface area (Å²) in [5.74, 6) is -0.714. The van der Waals surface area contributed by atoms with Gasteiger partial charge in [0.2, 0.25) is 0 Å². The van der Waals surface area contributed by atoms with Crippen molar-refractivity contribution < 1.29 is 18.0 Å². The number of hydrogen-bond donors (Lipinski definition) is 2. The van der Waals surface area contributed by atoms with Crippen LogP contribution >= 0.6 is 0 Å². The van der Waals surface area contributed by atoms with Crippen LogP contribution < -0.4 is 14.9 Å². The van der Waals surface area contributed by atoms with Gasteiger partial charge in [-0.1, -0.05) is 37.3 Å². The van der Waals surface area contributed by atoms with Crippen molar-refractivity contribution in [3.8, 4) is 0 Å². The predicted molar refractivity (Wildman–Crippen MR) is 125 cm³/mol. The van der Waals surface area contributed by atoms with E-state index >= 15 is 0 Å². The second-order valence-electron chi connectivity index (χ2n) is 7.09. The normalized spacial score (nSPS) is 10.9. The summed E-state index contributed by atoms with van der Waals surface area (Å²) < 4.78 is 27.0. The van der Waals surface area contributed by atoms with Crippen molar-refractivity contribution in [1.82, 2.24) is 5.32 Å². The Labute approximate surface area is 188 Å². The maximum Gasteiger partial charge on any atom is 0.264 e. The van der Waals surface area contributed by atoms with Gasteiger partial charge in [-0.3, -0.25) is 13.9 Å². The molecule has 0 aliphatic heterocycles. The van der Waals surface area contributed by atoms with E-state index in [9.17, 15) is 18.0 Å². The predicted octanol–water partition coefficient (Wildman–Crippen LogP) is 3.90.